The Balaban J connectivity index is 0.000000235. The summed E-state index contributed by atoms with van der Waals surface area (Å²) in [6.45, 7) is 54.3. The summed E-state index contributed by atoms with van der Waals surface area (Å²) in [6.07, 6.45) is 8.38. The predicted molar refractivity (Wildman–Crippen MR) is 393 cm³/mol. The largest absolute Gasteiger partial charge is 0.490 e. The lowest BCUT2D eigenvalue weighted by Gasteiger charge is -2.44. The number of fused-ring (bicyclic) bond motifs is 6. The molecule has 5 aliphatic rings. The number of carbonyl (C=O) groups is 2. The van der Waals surface area contributed by atoms with Crippen LogP contribution in [0.3, 0.4) is 0 Å². The van der Waals surface area contributed by atoms with Crippen LogP contribution in [0.1, 0.15) is 95.2 Å². The van der Waals surface area contributed by atoms with Gasteiger partial charge in [-0.1, -0.05) is 110 Å². The van der Waals surface area contributed by atoms with Crippen molar-refractivity contribution >= 4 is 91.7 Å². The van der Waals surface area contributed by atoms with Gasteiger partial charge in [-0.15, -0.1) is 0 Å². The van der Waals surface area contributed by atoms with Crippen LogP contribution in [0, 0.1) is 0 Å². The number of amides is 2. The Labute approximate surface area is 577 Å². The lowest BCUT2D eigenvalue weighted by molar-refractivity contribution is -0.0532. The molecule has 3 fully saturated rings. The Morgan fingerprint density at radius 3 is 1.34 bits per heavy atom. The lowest BCUT2D eigenvalue weighted by Crippen LogP contribution is -2.58. The summed E-state index contributed by atoms with van der Waals surface area (Å²) in [7, 11) is -5.04. The lowest BCUT2D eigenvalue weighted by atomic mass is 9.71. The molecule has 0 radical (unpaired) electrons. The molecule has 0 saturated carbocycles. The third-order valence-electron chi connectivity index (χ3n) is 16.8. The van der Waals surface area contributed by atoms with Gasteiger partial charge in [-0.25, -0.2) is 19.6 Å². The molecule has 0 aliphatic carbocycles. The van der Waals surface area contributed by atoms with Crippen LogP contribution < -0.4 is 9.80 Å². The average molecular weight is 1410 g/mol. The highest BCUT2D eigenvalue weighted by molar-refractivity contribution is 6.77. The summed E-state index contributed by atoms with van der Waals surface area (Å²) >= 11 is 6.22. The molecule has 4 bridgehead atoms. The van der Waals surface area contributed by atoms with Crippen molar-refractivity contribution in [3.05, 3.63) is 65.1 Å². The molecule has 3 saturated heterocycles. The minimum Gasteiger partial charge on any atom is -0.444 e. The maximum Gasteiger partial charge on any atom is 0.490 e. The van der Waals surface area contributed by atoms with Gasteiger partial charge in [0.25, 0.3) is 0 Å². The molecule has 9 rings (SSSR count). The average Bonchev–Trinajstić information content (AvgIpc) is 1.72. The second-order valence-electron chi connectivity index (χ2n) is 33.3. The molecule has 534 valence electrons. The minimum absolute atomic E-state index is 0. The van der Waals surface area contributed by atoms with Crippen molar-refractivity contribution in [3.8, 4) is 0 Å². The van der Waals surface area contributed by atoms with E-state index in [1.54, 1.807) is 16.9 Å². The first kappa shape index (κ1) is 79.7. The molecular formula is C67H118BClN10O12Si4. The van der Waals surface area contributed by atoms with E-state index in [-0.39, 0.29) is 62.1 Å². The molecule has 95 heavy (non-hydrogen) atoms. The fourth-order valence-corrected chi connectivity index (χ4v) is 13.9. The first-order chi connectivity index (χ1) is 43.5. The highest BCUT2D eigenvalue weighted by Crippen LogP contribution is 2.42. The molecule has 22 nitrogen and oxygen atoms in total. The highest BCUT2D eigenvalue weighted by atomic mass is 35.5. The number of rotatable bonds is 24. The highest BCUT2D eigenvalue weighted by Gasteiger charge is 2.54. The molecule has 0 N–H and O–H groups in total. The van der Waals surface area contributed by atoms with Crippen LogP contribution in [-0.4, -0.2) is 217 Å². The van der Waals surface area contributed by atoms with Gasteiger partial charge >= 0.3 is 19.3 Å². The van der Waals surface area contributed by atoms with Crippen LogP contribution in [0.25, 0.3) is 16.9 Å². The molecular weight excluding hydrogens is 1300 g/mol. The number of aromatic nitrogens is 6. The molecule has 5 aliphatic heterocycles. The summed E-state index contributed by atoms with van der Waals surface area (Å²) < 4.78 is 63.2. The Morgan fingerprint density at radius 2 is 0.958 bits per heavy atom. The topological polar surface area (TPSA) is 200 Å². The second kappa shape index (κ2) is 32.8. The Kier molecular flexibility index (Phi) is 27.6. The molecule has 4 aromatic rings. The van der Waals surface area contributed by atoms with Crippen molar-refractivity contribution in [1.29, 1.82) is 0 Å². The summed E-state index contributed by atoms with van der Waals surface area (Å²) in [5, 5.41) is 9.40. The SMILES string of the molecule is C.CC(C)(C)OC(=O)N1C2C=C(B3OC(C)(C)C(C)(C)O3)CC1COC2.CC(C)(C)OC(=O)N1C2C=C(c3cc(N(COCC[Si](C)(C)C)COCC[Si](C)(C)C)n4nccc4n3)CC1COC2.C[Si](C)(C)CCOCN(COCC[Si](C)(C)C)c1cc(Cl)nc2ccnn12. The van der Waals surface area contributed by atoms with Gasteiger partial charge in [0.2, 0.25) is 0 Å². The van der Waals surface area contributed by atoms with Crippen LogP contribution in [0.4, 0.5) is 21.2 Å². The Morgan fingerprint density at radius 1 is 0.579 bits per heavy atom. The number of hydrogen-bond donors (Lipinski definition) is 0. The van der Waals surface area contributed by atoms with Gasteiger partial charge in [0.15, 0.2) is 11.3 Å². The van der Waals surface area contributed by atoms with E-state index in [9.17, 15) is 9.59 Å². The van der Waals surface area contributed by atoms with Crippen LogP contribution in [0.15, 0.2) is 54.3 Å². The third-order valence-corrected chi connectivity index (χ3v) is 23.8. The van der Waals surface area contributed by atoms with Crippen LogP contribution >= 0.6 is 11.6 Å². The molecule has 4 unspecified atom stereocenters. The quantitative estimate of drug-likeness (QED) is 0.0277. The zero-order chi connectivity index (χ0) is 69.4. The van der Waals surface area contributed by atoms with Crippen LogP contribution in [0.2, 0.25) is 108 Å². The maximum absolute atomic E-state index is 13.1. The van der Waals surface area contributed by atoms with E-state index >= 15 is 0 Å². The number of ether oxygens (including phenoxy) is 8. The van der Waals surface area contributed by atoms with Crippen molar-refractivity contribution in [2.24, 2.45) is 0 Å². The molecule has 9 heterocycles. The zero-order valence-electron chi connectivity index (χ0n) is 61.0. The number of morpholine rings is 2. The van der Waals surface area contributed by atoms with Crippen LogP contribution in [0.5, 0.6) is 0 Å². The van der Waals surface area contributed by atoms with Gasteiger partial charge in [-0.2, -0.15) is 19.2 Å². The van der Waals surface area contributed by atoms with Gasteiger partial charge < -0.3 is 57.0 Å². The standard InChI is InChI=1S/C30H51N5O5Si2.C18H30BNO5.C18H33ClN4O2Si2.CH4/c1-30(2,3)40-29(36)34-24-16-23(17-25(34)20-39-19-24)26-18-28(35-27(32-26)10-11-31-35)33(21-37-12-14-41(4,5)6)22-38-13-15-42(7,8)9;1-16(2,3)23-15(21)20-13-8-12(9-14(20)11-22-10-13)19-24-17(4,5)18(6,7)25-19;1-26(2,3)11-9-24-14-22(15-25-10-12-27(4,5)6)18-13-16(19)21-17-7-8-20-23(17)18;/h10-11,16,18,24-25H,12-15,17,19-22H2,1-9H3;8,13-14H,9-11H2,1-7H3;7-8,13H,9-12,14-15H2,1-6H3;1H4. The minimum atomic E-state index is -1.22. The Hall–Kier alpha value is -4.24. The van der Waals surface area contributed by atoms with Gasteiger partial charge in [-0.3, -0.25) is 9.80 Å². The summed E-state index contributed by atoms with van der Waals surface area (Å²) in [4.78, 5) is 42.8. The number of hydrogen-bond acceptors (Lipinski definition) is 18. The first-order valence-electron chi connectivity index (χ1n) is 33.7. The maximum atomic E-state index is 13.1. The normalized spacial score (nSPS) is 20.4. The van der Waals surface area contributed by atoms with Gasteiger partial charge in [0.1, 0.15) is 54.9 Å². The molecule has 0 aromatic carbocycles. The van der Waals surface area contributed by atoms with Crippen molar-refractivity contribution in [2.75, 3.05) is 89.6 Å². The van der Waals surface area contributed by atoms with Crippen LogP contribution in [-0.2, 0) is 47.2 Å². The second-order valence-corrected chi connectivity index (χ2v) is 56.2. The molecule has 2 amide bonds. The number of carbonyl (C=O) groups excluding carboxylic acids is 2. The van der Waals surface area contributed by atoms with E-state index < -0.39 is 43.5 Å². The van der Waals surface area contributed by atoms with E-state index in [1.807, 2.05) is 107 Å². The van der Waals surface area contributed by atoms with E-state index in [4.69, 9.17) is 63.8 Å². The molecule has 0 spiro atoms. The smallest absolute Gasteiger partial charge is 0.444 e. The summed E-state index contributed by atoms with van der Waals surface area (Å²) in [5.41, 5.74) is 2.72. The fraction of sp³-hybridized carbons (Fsp3) is 0.731. The van der Waals surface area contributed by atoms with E-state index in [0.717, 1.165) is 84.6 Å². The molecule has 4 atom stereocenters. The first-order valence-corrected chi connectivity index (χ1v) is 48.9. The van der Waals surface area contributed by atoms with Crippen molar-refractivity contribution in [3.63, 3.8) is 0 Å². The number of halogens is 1. The summed E-state index contributed by atoms with van der Waals surface area (Å²) in [6, 6.07) is 11.6. The van der Waals surface area contributed by atoms with Gasteiger partial charge in [0, 0.05) is 83.0 Å². The fourth-order valence-electron chi connectivity index (χ4n) is 10.7. The van der Waals surface area contributed by atoms with Gasteiger partial charge in [-0.05, 0) is 117 Å². The Bertz CT molecular complexity index is 3150. The van der Waals surface area contributed by atoms with Gasteiger partial charge in [0.05, 0.1) is 79.9 Å². The van der Waals surface area contributed by atoms with Crippen molar-refractivity contribution in [1.82, 2.24) is 39.0 Å². The zero-order valence-corrected chi connectivity index (χ0v) is 65.7. The number of anilines is 2. The summed E-state index contributed by atoms with van der Waals surface area (Å²) in [5.74, 6) is 1.70. The number of nitrogens with zero attached hydrogens (tertiary/aromatic N) is 10. The molecule has 28 heteroatoms. The van der Waals surface area contributed by atoms with E-state index in [0.29, 0.717) is 77.0 Å². The van der Waals surface area contributed by atoms with Crippen molar-refractivity contribution in [2.45, 2.75) is 239 Å². The van der Waals surface area contributed by atoms with Crippen molar-refractivity contribution < 1.29 is 56.8 Å². The monoisotopic (exact) mass is 1410 g/mol. The third kappa shape index (κ3) is 24.3. The molecule has 4 aromatic heterocycles. The van der Waals surface area contributed by atoms with E-state index in [2.05, 4.69) is 117 Å². The predicted octanol–water partition coefficient (Wildman–Crippen LogP) is 14.4. The van der Waals surface area contributed by atoms with E-state index in [1.165, 1.54) is 0 Å².